The Balaban J connectivity index is 0.00000106. The summed E-state index contributed by atoms with van der Waals surface area (Å²) in [6.45, 7) is 7.53. The lowest BCUT2D eigenvalue weighted by atomic mass is 9.90. The lowest BCUT2D eigenvalue weighted by Gasteiger charge is -2.12. The molecule has 2 atom stereocenters. The average molecular weight is 234 g/mol. The van der Waals surface area contributed by atoms with Gasteiger partial charge < -0.3 is 5.32 Å². The van der Waals surface area contributed by atoms with Gasteiger partial charge in [-0.25, -0.2) is 0 Å². The summed E-state index contributed by atoms with van der Waals surface area (Å²) in [7, 11) is 4.27. The number of hydrogen-bond donors (Lipinski definition) is 1. The first kappa shape index (κ1) is 14.7. The van der Waals surface area contributed by atoms with Crippen molar-refractivity contribution in [3.63, 3.8) is 0 Å². The van der Waals surface area contributed by atoms with Crippen LogP contribution in [0.15, 0.2) is 48.2 Å². The second kappa shape index (κ2) is 7.04. The van der Waals surface area contributed by atoms with Crippen LogP contribution in [-0.2, 0) is 0 Å². The lowest BCUT2D eigenvalue weighted by molar-refractivity contribution is 0.732. The van der Waals surface area contributed by atoms with E-state index in [2.05, 4.69) is 27.2 Å². The summed E-state index contributed by atoms with van der Waals surface area (Å²) in [5.41, 5.74) is 1.40. The minimum absolute atomic E-state index is 0.543. The highest BCUT2D eigenvalue weighted by molar-refractivity contribution is 7.15. The molecule has 1 rings (SSSR count). The van der Waals surface area contributed by atoms with Gasteiger partial charge in [-0.05, 0) is 18.6 Å². The highest BCUT2D eigenvalue weighted by atomic mass is 31.0. The predicted molar refractivity (Wildman–Crippen MR) is 73.9 cm³/mol. The van der Waals surface area contributed by atoms with E-state index >= 15 is 0 Å². The van der Waals surface area contributed by atoms with Crippen molar-refractivity contribution in [3.8, 4) is 6.07 Å². The number of likely N-dealkylation sites (N-methyl/N-ethyl adjacent to an activating group) is 1. The van der Waals surface area contributed by atoms with Gasteiger partial charge in [-0.15, -0.1) is 9.24 Å². The number of hydrogen-bond acceptors (Lipinski definition) is 2. The Bertz CT molecular complexity index is 372. The van der Waals surface area contributed by atoms with E-state index in [1.165, 1.54) is 0 Å². The van der Waals surface area contributed by atoms with Crippen LogP contribution in [-0.4, -0.2) is 13.7 Å². The van der Waals surface area contributed by atoms with Crippen LogP contribution in [0.5, 0.6) is 0 Å². The van der Waals surface area contributed by atoms with Crippen molar-refractivity contribution in [3.05, 3.63) is 48.2 Å². The van der Waals surface area contributed by atoms with Gasteiger partial charge in [0.2, 0.25) is 0 Å². The van der Waals surface area contributed by atoms with Crippen LogP contribution in [0.2, 0.25) is 0 Å². The summed E-state index contributed by atoms with van der Waals surface area (Å²) in [4.78, 5) is 0. The van der Waals surface area contributed by atoms with Gasteiger partial charge in [0.1, 0.15) is 0 Å². The van der Waals surface area contributed by atoms with Crippen molar-refractivity contribution in [1.82, 2.24) is 5.32 Å². The van der Waals surface area contributed by atoms with Crippen LogP contribution < -0.4 is 5.32 Å². The van der Waals surface area contributed by atoms with Crippen molar-refractivity contribution < 1.29 is 0 Å². The molecule has 0 spiro atoms. The molecule has 2 unspecified atom stereocenters. The molecule has 1 aliphatic rings. The van der Waals surface area contributed by atoms with Gasteiger partial charge in [0.15, 0.2) is 0 Å². The van der Waals surface area contributed by atoms with Gasteiger partial charge in [0, 0.05) is 12.7 Å². The fraction of sp³-hybridized carbons (Fsp3) is 0.308. The molecule has 16 heavy (non-hydrogen) atoms. The molecule has 3 heteroatoms. The molecule has 0 aromatic heterocycles. The largest absolute Gasteiger partial charge is 0.388 e. The predicted octanol–water partition coefficient (Wildman–Crippen LogP) is 2.79. The Morgan fingerprint density at radius 3 is 2.62 bits per heavy atom. The van der Waals surface area contributed by atoms with Crippen LogP contribution >= 0.6 is 9.24 Å². The minimum atomic E-state index is -0.543. The van der Waals surface area contributed by atoms with Crippen LogP contribution in [0.1, 0.15) is 6.92 Å². The van der Waals surface area contributed by atoms with Gasteiger partial charge in [0.05, 0.1) is 11.5 Å². The molecule has 2 nitrogen and oxygen atoms in total. The van der Waals surface area contributed by atoms with Crippen LogP contribution in [0.3, 0.4) is 0 Å². The molecular formula is C13H19N2P. The smallest absolute Gasteiger partial charge is 0.0918 e. The summed E-state index contributed by atoms with van der Waals surface area (Å²) < 4.78 is 0. The molecule has 0 saturated heterocycles. The third-order valence-corrected chi connectivity index (χ3v) is 2.20. The van der Waals surface area contributed by atoms with E-state index in [9.17, 15) is 0 Å². The summed E-state index contributed by atoms with van der Waals surface area (Å²) in [5, 5.41) is 12.1. The summed E-state index contributed by atoms with van der Waals surface area (Å²) >= 11 is 0. The van der Waals surface area contributed by atoms with E-state index in [1.54, 1.807) is 6.08 Å². The van der Waals surface area contributed by atoms with E-state index in [0.29, 0.717) is 0 Å². The average Bonchev–Trinajstić information content (AvgIpc) is 2.51. The Morgan fingerprint density at radius 1 is 1.56 bits per heavy atom. The van der Waals surface area contributed by atoms with Crippen LogP contribution in [0.4, 0.5) is 0 Å². The van der Waals surface area contributed by atoms with Crippen molar-refractivity contribution in [2.24, 2.45) is 5.41 Å². The molecule has 0 bridgehead atoms. The zero-order valence-corrected chi connectivity index (χ0v) is 11.3. The van der Waals surface area contributed by atoms with E-state index < -0.39 is 5.41 Å². The maximum atomic E-state index is 9.02. The molecule has 0 fully saturated rings. The summed E-state index contributed by atoms with van der Waals surface area (Å²) in [6.07, 6.45) is 9.37. The quantitative estimate of drug-likeness (QED) is 0.746. The van der Waals surface area contributed by atoms with Gasteiger partial charge in [-0.2, -0.15) is 5.26 Å². The third-order valence-electron chi connectivity index (χ3n) is 2.20. The van der Waals surface area contributed by atoms with E-state index in [-0.39, 0.29) is 0 Å². The minimum Gasteiger partial charge on any atom is -0.388 e. The molecule has 0 aliphatic heterocycles. The fourth-order valence-corrected chi connectivity index (χ4v) is 1.36. The highest BCUT2D eigenvalue weighted by Gasteiger charge is 2.19. The van der Waals surface area contributed by atoms with Gasteiger partial charge in [0.25, 0.3) is 0 Å². The van der Waals surface area contributed by atoms with Gasteiger partial charge >= 0.3 is 0 Å². The molecule has 0 aromatic rings. The zero-order valence-electron chi connectivity index (χ0n) is 10.1. The highest BCUT2D eigenvalue weighted by Crippen LogP contribution is 2.26. The molecule has 86 valence electrons. The van der Waals surface area contributed by atoms with E-state index in [0.717, 1.165) is 11.3 Å². The topological polar surface area (TPSA) is 35.8 Å². The number of nitriles is 1. The molecule has 0 aromatic carbocycles. The first-order chi connectivity index (χ1) is 7.65. The monoisotopic (exact) mass is 234 g/mol. The number of rotatable bonds is 2. The SMILES string of the molecule is C=CC1=CC(C)(C#N)C=CC=C1NC.CP. The molecule has 0 radical (unpaired) electrons. The number of nitrogens with zero attached hydrogens (tertiary/aromatic N) is 1. The molecule has 0 amide bonds. The van der Waals surface area contributed by atoms with Crippen LogP contribution in [0, 0.1) is 16.7 Å². The second-order valence-electron chi connectivity index (χ2n) is 3.39. The lowest BCUT2D eigenvalue weighted by Crippen LogP contribution is -2.10. The first-order valence-electron chi connectivity index (χ1n) is 5.07. The normalized spacial score (nSPS) is 22.7. The Morgan fingerprint density at radius 2 is 2.19 bits per heavy atom. The molecular weight excluding hydrogens is 215 g/mol. The maximum Gasteiger partial charge on any atom is 0.0918 e. The molecule has 0 saturated carbocycles. The van der Waals surface area contributed by atoms with Gasteiger partial charge in [-0.3, -0.25) is 0 Å². The molecule has 1 N–H and O–H groups in total. The van der Waals surface area contributed by atoms with Crippen LogP contribution in [0.25, 0.3) is 0 Å². The Labute approximate surface area is 101 Å². The fourth-order valence-electron chi connectivity index (χ4n) is 1.36. The van der Waals surface area contributed by atoms with Crippen molar-refractivity contribution in [2.45, 2.75) is 6.92 Å². The van der Waals surface area contributed by atoms with E-state index in [4.69, 9.17) is 5.26 Å². The molecule has 0 heterocycles. The number of allylic oxidation sites excluding steroid dienone is 5. The summed E-state index contributed by atoms with van der Waals surface area (Å²) in [5.74, 6) is 0. The van der Waals surface area contributed by atoms with E-state index in [1.807, 2.05) is 44.9 Å². The Kier molecular flexibility index (Phi) is 6.46. The van der Waals surface area contributed by atoms with Gasteiger partial charge in [-0.1, -0.05) is 37.5 Å². The Hall–Kier alpha value is -1.32. The standard InChI is InChI=1S/C12H14N2.CH5P/c1-4-10-8-12(2,9-13)7-5-6-11(10)14-3;1-2/h4-8,14H,1H2,2-3H3;2H2,1H3. The zero-order chi connectivity index (χ0) is 12.6. The first-order valence-corrected chi connectivity index (χ1v) is 6.22. The third kappa shape index (κ3) is 3.68. The van der Waals surface area contributed by atoms with Crippen molar-refractivity contribution in [2.75, 3.05) is 13.7 Å². The number of nitrogens with one attached hydrogen (secondary N) is 1. The van der Waals surface area contributed by atoms with Crippen molar-refractivity contribution >= 4 is 9.24 Å². The second-order valence-corrected chi connectivity index (χ2v) is 3.39. The molecule has 1 aliphatic carbocycles. The summed E-state index contributed by atoms with van der Waals surface area (Å²) in [6, 6.07) is 2.26. The maximum absolute atomic E-state index is 9.02. The van der Waals surface area contributed by atoms with Crippen molar-refractivity contribution in [1.29, 1.82) is 5.26 Å².